The number of amides is 1. The van der Waals surface area contributed by atoms with Crippen molar-refractivity contribution >= 4 is 28.8 Å². The lowest BCUT2D eigenvalue weighted by Gasteiger charge is -2.25. The Labute approximate surface area is 200 Å². The Morgan fingerprint density at radius 1 is 1.27 bits per heavy atom. The lowest BCUT2D eigenvalue weighted by Crippen LogP contribution is -2.40. The molecule has 1 amide bonds. The van der Waals surface area contributed by atoms with Gasteiger partial charge in [-0.15, -0.1) is 11.3 Å². The van der Waals surface area contributed by atoms with Crippen LogP contribution in [-0.4, -0.2) is 28.4 Å². The number of benzene rings is 1. The van der Waals surface area contributed by atoms with Gasteiger partial charge >= 0.3 is 0 Å². The number of nitrogens with zero attached hydrogens (tertiary/aromatic N) is 1. The molecule has 4 nitrogen and oxygen atoms in total. The third-order valence-corrected chi connectivity index (χ3v) is 8.07. The molecule has 2 aromatic rings. The molecule has 1 aromatic heterocycles. The monoisotopic (exact) mass is 463 g/mol. The number of aryl methyl sites for hydroxylation is 2. The smallest absolute Gasteiger partial charge is 0.255 e. The summed E-state index contributed by atoms with van der Waals surface area (Å²) in [6, 6.07) is 5.97. The first-order valence-corrected chi connectivity index (χ1v) is 12.8. The molecule has 0 N–H and O–H groups in total. The fraction of sp³-hybridized carbons (Fsp3) is 0.464. The van der Waals surface area contributed by atoms with Gasteiger partial charge in [0.1, 0.15) is 5.78 Å². The molecule has 1 aliphatic carbocycles. The zero-order valence-electron chi connectivity index (χ0n) is 19.9. The van der Waals surface area contributed by atoms with Crippen molar-refractivity contribution in [2.75, 3.05) is 0 Å². The minimum atomic E-state index is -0.347. The van der Waals surface area contributed by atoms with Crippen molar-refractivity contribution in [3.8, 4) is 0 Å². The minimum absolute atomic E-state index is 0.0365. The molecule has 2 aliphatic rings. The van der Waals surface area contributed by atoms with Crippen LogP contribution in [0.2, 0.25) is 0 Å². The molecule has 5 heteroatoms. The summed E-state index contributed by atoms with van der Waals surface area (Å²) >= 11 is 1.57. The van der Waals surface area contributed by atoms with Crippen LogP contribution >= 0.6 is 11.3 Å². The van der Waals surface area contributed by atoms with E-state index in [0.717, 1.165) is 40.0 Å². The molecule has 0 saturated heterocycles. The number of Topliss-reactive ketones (excluding diaryl/α,β-unsaturated/α-hetero) is 2. The molecule has 1 aliphatic heterocycles. The average molecular weight is 464 g/mol. The Morgan fingerprint density at radius 3 is 2.82 bits per heavy atom. The van der Waals surface area contributed by atoms with Crippen LogP contribution in [0, 0.1) is 6.92 Å². The van der Waals surface area contributed by atoms with Crippen LogP contribution in [0.5, 0.6) is 0 Å². The molecule has 0 radical (unpaired) electrons. The van der Waals surface area contributed by atoms with Gasteiger partial charge in [0.25, 0.3) is 5.91 Å². The first kappa shape index (κ1) is 23.6. The maximum atomic E-state index is 13.0. The first-order valence-electron chi connectivity index (χ1n) is 11.9. The number of rotatable bonds is 7. The fourth-order valence-corrected chi connectivity index (χ4v) is 6.15. The van der Waals surface area contributed by atoms with Crippen LogP contribution in [0.4, 0.5) is 0 Å². The first-order chi connectivity index (χ1) is 15.7. The lowest BCUT2D eigenvalue weighted by molar-refractivity contribution is -0.123. The number of ketones is 2. The molecule has 1 aromatic carbocycles. The van der Waals surface area contributed by atoms with E-state index in [0.29, 0.717) is 44.6 Å². The second kappa shape index (κ2) is 9.76. The van der Waals surface area contributed by atoms with Crippen molar-refractivity contribution < 1.29 is 14.4 Å². The van der Waals surface area contributed by atoms with E-state index in [1.54, 1.807) is 16.2 Å². The average Bonchev–Trinajstić information content (AvgIpc) is 3.25. The Morgan fingerprint density at radius 2 is 2.06 bits per heavy atom. The van der Waals surface area contributed by atoms with Crippen LogP contribution < -0.4 is 0 Å². The van der Waals surface area contributed by atoms with Gasteiger partial charge in [-0.25, -0.2) is 0 Å². The molecule has 1 atom stereocenters. The SMILES string of the molecule is C=C1CCC[C@H](N2Cc3c(csc3CCC(=O)Cc3ccc(C)c(C(C)C)c3)C2=O)C(=O)C1. The summed E-state index contributed by atoms with van der Waals surface area (Å²) < 4.78 is 0. The van der Waals surface area contributed by atoms with Gasteiger partial charge in [0, 0.05) is 36.1 Å². The van der Waals surface area contributed by atoms with Crippen molar-refractivity contribution in [3.63, 3.8) is 0 Å². The van der Waals surface area contributed by atoms with Crippen molar-refractivity contribution in [1.29, 1.82) is 0 Å². The Bertz CT molecular complexity index is 1110. The third kappa shape index (κ3) is 5.03. The van der Waals surface area contributed by atoms with Crippen molar-refractivity contribution in [2.24, 2.45) is 0 Å². The Kier molecular flexibility index (Phi) is 6.99. The number of hydrogen-bond donors (Lipinski definition) is 0. The van der Waals surface area contributed by atoms with Crippen molar-refractivity contribution in [3.05, 3.63) is 68.4 Å². The lowest BCUT2D eigenvalue weighted by atomic mass is 9.94. The van der Waals surface area contributed by atoms with Crippen LogP contribution in [0.25, 0.3) is 0 Å². The van der Waals surface area contributed by atoms with Crippen LogP contribution in [0.1, 0.15) is 89.4 Å². The molecule has 33 heavy (non-hydrogen) atoms. The summed E-state index contributed by atoms with van der Waals surface area (Å²) in [5, 5.41) is 1.91. The highest BCUT2D eigenvalue weighted by molar-refractivity contribution is 7.10. The maximum Gasteiger partial charge on any atom is 0.255 e. The van der Waals surface area contributed by atoms with Gasteiger partial charge in [-0.3, -0.25) is 14.4 Å². The molecule has 1 fully saturated rings. The predicted octanol–water partition coefficient (Wildman–Crippen LogP) is 5.95. The van der Waals surface area contributed by atoms with Gasteiger partial charge in [0.15, 0.2) is 5.78 Å². The normalized spacial score (nSPS) is 18.7. The second-order valence-corrected chi connectivity index (χ2v) is 10.8. The summed E-state index contributed by atoms with van der Waals surface area (Å²) in [5.41, 5.74) is 6.34. The summed E-state index contributed by atoms with van der Waals surface area (Å²) in [6.45, 7) is 10.9. The highest BCUT2D eigenvalue weighted by Crippen LogP contribution is 2.35. The number of fused-ring (bicyclic) bond motifs is 1. The zero-order valence-corrected chi connectivity index (χ0v) is 20.7. The molecule has 2 heterocycles. The van der Waals surface area contributed by atoms with Gasteiger partial charge < -0.3 is 4.90 Å². The highest BCUT2D eigenvalue weighted by atomic mass is 32.1. The van der Waals surface area contributed by atoms with Gasteiger partial charge in [-0.05, 0) is 60.8 Å². The number of carbonyl (C=O) groups is 3. The van der Waals surface area contributed by atoms with E-state index in [1.165, 1.54) is 11.1 Å². The number of allylic oxidation sites excluding steroid dienone is 1. The predicted molar refractivity (Wildman–Crippen MR) is 133 cm³/mol. The number of carbonyl (C=O) groups excluding carboxylic acids is 3. The topological polar surface area (TPSA) is 54.5 Å². The highest BCUT2D eigenvalue weighted by Gasteiger charge is 2.38. The largest absolute Gasteiger partial charge is 0.324 e. The molecule has 0 unspecified atom stereocenters. The van der Waals surface area contributed by atoms with Gasteiger partial charge in [-0.1, -0.05) is 44.2 Å². The summed E-state index contributed by atoms with van der Waals surface area (Å²) in [4.78, 5) is 41.3. The maximum absolute atomic E-state index is 13.0. The van der Waals surface area contributed by atoms with Gasteiger partial charge in [0.05, 0.1) is 11.6 Å². The fourth-order valence-electron chi connectivity index (χ4n) is 5.11. The minimum Gasteiger partial charge on any atom is -0.324 e. The van der Waals surface area contributed by atoms with E-state index in [1.807, 2.05) is 5.38 Å². The summed E-state index contributed by atoms with van der Waals surface area (Å²) in [7, 11) is 0. The molecular formula is C28H33NO3S. The van der Waals surface area contributed by atoms with E-state index in [4.69, 9.17) is 0 Å². The third-order valence-electron chi connectivity index (χ3n) is 6.98. The van der Waals surface area contributed by atoms with Crippen LogP contribution in [0.3, 0.4) is 0 Å². The van der Waals surface area contributed by atoms with E-state index < -0.39 is 0 Å². The van der Waals surface area contributed by atoms with E-state index >= 15 is 0 Å². The second-order valence-electron chi connectivity index (χ2n) is 9.85. The van der Waals surface area contributed by atoms with Gasteiger partial charge in [0.2, 0.25) is 0 Å². The number of hydrogen-bond acceptors (Lipinski definition) is 4. The van der Waals surface area contributed by atoms with Crippen molar-refractivity contribution in [2.45, 2.75) is 84.2 Å². The molecule has 174 valence electrons. The van der Waals surface area contributed by atoms with Crippen molar-refractivity contribution in [1.82, 2.24) is 4.90 Å². The number of thiophene rings is 1. The van der Waals surface area contributed by atoms with Crippen LogP contribution in [0.15, 0.2) is 35.7 Å². The van der Waals surface area contributed by atoms with E-state index in [-0.39, 0.29) is 23.5 Å². The molecule has 0 bridgehead atoms. The molecule has 0 spiro atoms. The molecular weight excluding hydrogens is 430 g/mol. The summed E-state index contributed by atoms with van der Waals surface area (Å²) in [5.74, 6) is 0.725. The zero-order chi connectivity index (χ0) is 23.7. The Balaban J connectivity index is 1.40. The molecule has 4 rings (SSSR count). The molecule has 1 saturated carbocycles. The standard InChI is InChI=1S/C28H33NO3S/c1-17(2)22-14-20(9-8-19(22)4)13-21(30)10-11-27-23-15-29(28(32)24(23)16-33-27)25-7-5-6-18(3)12-26(25)31/h8-9,14,16-17,25H,3,5-7,10-13,15H2,1-2,4H3/t25-/m0/s1. The van der Waals surface area contributed by atoms with E-state index in [2.05, 4.69) is 45.5 Å². The summed E-state index contributed by atoms with van der Waals surface area (Å²) in [6.07, 6.45) is 4.40. The van der Waals surface area contributed by atoms with Crippen LogP contribution in [-0.2, 0) is 29.0 Å². The van der Waals surface area contributed by atoms with Gasteiger partial charge in [-0.2, -0.15) is 0 Å². The Hall–Kier alpha value is -2.53. The van der Waals surface area contributed by atoms with E-state index in [9.17, 15) is 14.4 Å². The quantitative estimate of drug-likeness (QED) is 0.377.